The molecule has 4 aromatic rings. The molecule has 176 valence electrons. The number of halogens is 1. The number of anilines is 1. The van der Waals surface area contributed by atoms with Crippen LogP contribution in [0.2, 0.25) is 0 Å². The van der Waals surface area contributed by atoms with Gasteiger partial charge >= 0.3 is 0 Å². The first kappa shape index (κ1) is 22.4. The van der Waals surface area contributed by atoms with Crippen molar-refractivity contribution in [2.45, 2.75) is 0 Å². The molecular weight excluding hydrogens is 443 g/mol. The van der Waals surface area contributed by atoms with Gasteiger partial charge in [-0.15, -0.1) is 0 Å². The van der Waals surface area contributed by atoms with E-state index in [1.165, 1.54) is 12.1 Å². The van der Waals surface area contributed by atoms with Gasteiger partial charge in [0.25, 0.3) is 11.8 Å². The van der Waals surface area contributed by atoms with E-state index in [2.05, 4.69) is 15.2 Å². The van der Waals surface area contributed by atoms with E-state index >= 15 is 0 Å². The van der Waals surface area contributed by atoms with E-state index < -0.39 is 0 Å². The molecule has 0 aliphatic carbocycles. The molecule has 1 saturated heterocycles. The second-order valence-electron chi connectivity index (χ2n) is 8.42. The van der Waals surface area contributed by atoms with Gasteiger partial charge in [0.2, 0.25) is 0 Å². The zero-order valence-corrected chi connectivity index (χ0v) is 19.1. The van der Waals surface area contributed by atoms with Crippen molar-refractivity contribution < 1.29 is 14.0 Å². The van der Waals surface area contributed by atoms with Gasteiger partial charge in [0.15, 0.2) is 0 Å². The van der Waals surface area contributed by atoms with Crippen LogP contribution in [0.1, 0.15) is 15.9 Å². The molecule has 7 heteroatoms. The SMILES string of the molecule is O=C(N/C(=C\c1c[nH]c2ccccc12)C(=O)N1CCN(c2ccc(F)cc2)CC1)c1ccccc1. The van der Waals surface area contributed by atoms with Gasteiger partial charge in [-0.25, -0.2) is 4.39 Å². The second kappa shape index (κ2) is 9.85. The summed E-state index contributed by atoms with van der Waals surface area (Å²) in [6.07, 6.45) is 3.56. The lowest BCUT2D eigenvalue weighted by Gasteiger charge is -2.36. The highest BCUT2D eigenvalue weighted by Gasteiger charge is 2.25. The number of carbonyl (C=O) groups excluding carboxylic acids is 2. The molecule has 2 heterocycles. The molecule has 0 unspecified atom stereocenters. The zero-order valence-electron chi connectivity index (χ0n) is 19.1. The van der Waals surface area contributed by atoms with Crippen LogP contribution in [0, 0.1) is 5.82 Å². The second-order valence-corrected chi connectivity index (χ2v) is 8.42. The number of para-hydroxylation sites is 1. The van der Waals surface area contributed by atoms with Crippen LogP contribution in [0.3, 0.4) is 0 Å². The molecule has 2 N–H and O–H groups in total. The Morgan fingerprint density at radius 2 is 1.54 bits per heavy atom. The molecule has 3 aromatic carbocycles. The topological polar surface area (TPSA) is 68.4 Å². The summed E-state index contributed by atoms with van der Waals surface area (Å²) in [7, 11) is 0. The summed E-state index contributed by atoms with van der Waals surface area (Å²) >= 11 is 0. The fraction of sp³-hybridized carbons (Fsp3) is 0.143. The van der Waals surface area contributed by atoms with Crippen LogP contribution >= 0.6 is 0 Å². The van der Waals surface area contributed by atoms with Gasteiger partial charge in [0, 0.05) is 60.1 Å². The summed E-state index contributed by atoms with van der Waals surface area (Å²) < 4.78 is 13.3. The number of carbonyl (C=O) groups is 2. The third kappa shape index (κ3) is 4.94. The predicted octanol–water partition coefficient (Wildman–Crippen LogP) is 4.43. The quantitative estimate of drug-likeness (QED) is 0.426. The number of rotatable bonds is 5. The smallest absolute Gasteiger partial charge is 0.270 e. The Hall–Kier alpha value is -4.39. The van der Waals surface area contributed by atoms with Crippen LogP contribution < -0.4 is 10.2 Å². The minimum atomic E-state index is -0.338. The molecule has 0 saturated carbocycles. The Kier molecular flexibility index (Phi) is 6.30. The molecule has 2 amide bonds. The summed E-state index contributed by atoms with van der Waals surface area (Å²) in [5, 5.41) is 3.81. The average molecular weight is 469 g/mol. The Morgan fingerprint density at radius 3 is 2.29 bits per heavy atom. The summed E-state index contributed by atoms with van der Waals surface area (Å²) in [5.74, 6) is -0.850. The highest BCUT2D eigenvalue weighted by atomic mass is 19.1. The molecule has 0 atom stereocenters. The van der Waals surface area contributed by atoms with Gasteiger partial charge in [-0.3, -0.25) is 9.59 Å². The van der Waals surface area contributed by atoms with Gasteiger partial charge < -0.3 is 20.1 Å². The van der Waals surface area contributed by atoms with E-state index in [4.69, 9.17) is 0 Å². The van der Waals surface area contributed by atoms with E-state index in [1.54, 1.807) is 47.4 Å². The normalized spacial score (nSPS) is 14.3. The largest absolute Gasteiger partial charge is 0.368 e. The summed E-state index contributed by atoms with van der Waals surface area (Å²) in [5.41, 5.74) is 3.39. The van der Waals surface area contributed by atoms with Gasteiger partial charge in [-0.05, 0) is 48.5 Å². The number of aromatic nitrogens is 1. The number of H-pyrrole nitrogens is 1. The molecule has 0 radical (unpaired) electrons. The maximum atomic E-state index is 13.6. The first-order chi connectivity index (χ1) is 17.1. The third-order valence-electron chi connectivity index (χ3n) is 6.19. The molecule has 1 aliphatic heterocycles. The van der Waals surface area contributed by atoms with E-state index in [0.29, 0.717) is 31.7 Å². The summed E-state index contributed by atoms with van der Waals surface area (Å²) in [6, 6.07) is 23.0. The summed E-state index contributed by atoms with van der Waals surface area (Å²) in [4.78, 5) is 33.6. The summed E-state index contributed by atoms with van der Waals surface area (Å²) in [6.45, 7) is 2.21. The van der Waals surface area contributed by atoms with E-state index in [1.807, 2.05) is 36.5 Å². The van der Waals surface area contributed by atoms with E-state index in [9.17, 15) is 14.0 Å². The van der Waals surface area contributed by atoms with Crippen molar-refractivity contribution in [3.8, 4) is 0 Å². The van der Waals surface area contributed by atoms with Gasteiger partial charge in [0.05, 0.1) is 0 Å². The first-order valence-electron chi connectivity index (χ1n) is 11.5. The lowest BCUT2D eigenvalue weighted by atomic mass is 10.1. The van der Waals surface area contributed by atoms with Crippen molar-refractivity contribution in [2.24, 2.45) is 0 Å². The van der Waals surface area contributed by atoms with Crippen molar-refractivity contribution in [3.63, 3.8) is 0 Å². The minimum absolute atomic E-state index is 0.221. The molecule has 6 nitrogen and oxygen atoms in total. The maximum Gasteiger partial charge on any atom is 0.270 e. The third-order valence-corrected chi connectivity index (χ3v) is 6.19. The number of nitrogens with one attached hydrogen (secondary N) is 2. The first-order valence-corrected chi connectivity index (χ1v) is 11.5. The minimum Gasteiger partial charge on any atom is -0.368 e. The number of hydrogen-bond donors (Lipinski definition) is 2. The standard InChI is InChI=1S/C28H25FN4O2/c29-22-10-12-23(13-11-22)32-14-16-33(17-15-32)28(35)26(31-27(34)20-6-2-1-3-7-20)18-21-19-30-25-9-5-4-8-24(21)25/h1-13,18-19,30H,14-17H2,(H,31,34)/b26-18-. The van der Waals surface area contributed by atoms with E-state index in [0.717, 1.165) is 22.2 Å². The average Bonchev–Trinajstić information content (AvgIpc) is 3.32. The van der Waals surface area contributed by atoms with Gasteiger partial charge in [0.1, 0.15) is 11.5 Å². The van der Waals surface area contributed by atoms with Crippen molar-refractivity contribution in [2.75, 3.05) is 31.1 Å². The highest BCUT2D eigenvalue weighted by molar-refractivity contribution is 6.06. The molecule has 0 spiro atoms. The number of fused-ring (bicyclic) bond motifs is 1. The monoisotopic (exact) mass is 468 g/mol. The van der Waals surface area contributed by atoms with Crippen LogP contribution in [-0.2, 0) is 4.79 Å². The van der Waals surface area contributed by atoms with Crippen molar-refractivity contribution in [3.05, 3.63) is 108 Å². The lowest BCUT2D eigenvalue weighted by molar-refractivity contribution is -0.127. The van der Waals surface area contributed by atoms with Crippen molar-refractivity contribution >= 4 is 34.5 Å². The van der Waals surface area contributed by atoms with Gasteiger partial charge in [-0.2, -0.15) is 0 Å². The Bertz CT molecular complexity index is 1370. The number of piperazine rings is 1. The van der Waals surface area contributed by atoms with Gasteiger partial charge in [-0.1, -0.05) is 36.4 Å². The number of hydrogen-bond acceptors (Lipinski definition) is 3. The van der Waals surface area contributed by atoms with Crippen LogP contribution in [0.25, 0.3) is 17.0 Å². The molecule has 1 aromatic heterocycles. The van der Waals surface area contributed by atoms with E-state index in [-0.39, 0.29) is 23.3 Å². The number of nitrogens with zero attached hydrogens (tertiary/aromatic N) is 2. The van der Waals surface area contributed by atoms with Crippen LogP contribution in [0.5, 0.6) is 0 Å². The van der Waals surface area contributed by atoms with Crippen LogP contribution in [-0.4, -0.2) is 47.9 Å². The molecule has 1 fully saturated rings. The predicted molar refractivity (Wildman–Crippen MR) is 135 cm³/mol. The Balaban J connectivity index is 1.38. The Labute approximate surface area is 202 Å². The maximum absolute atomic E-state index is 13.6. The fourth-order valence-electron chi connectivity index (χ4n) is 4.29. The number of benzene rings is 3. The molecular formula is C28H25FN4O2. The molecule has 1 aliphatic rings. The van der Waals surface area contributed by atoms with Crippen molar-refractivity contribution in [1.29, 1.82) is 0 Å². The zero-order chi connectivity index (χ0) is 24.2. The number of amides is 2. The fourth-order valence-corrected chi connectivity index (χ4v) is 4.29. The van der Waals surface area contributed by atoms with Crippen molar-refractivity contribution in [1.82, 2.24) is 15.2 Å². The highest BCUT2D eigenvalue weighted by Crippen LogP contribution is 2.22. The Morgan fingerprint density at radius 1 is 0.857 bits per heavy atom. The molecule has 35 heavy (non-hydrogen) atoms. The van der Waals surface area contributed by atoms with Crippen LogP contribution in [0.15, 0.2) is 90.8 Å². The number of aromatic amines is 1. The van der Waals surface area contributed by atoms with Crippen LogP contribution in [0.4, 0.5) is 10.1 Å². The lowest BCUT2D eigenvalue weighted by Crippen LogP contribution is -2.50. The molecule has 0 bridgehead atoms. The molecule has 5 rings (SSSR count).